The van der Waals surface area contributed by atoms with Crippen LogP contribution in [0.4, 0.5) is 13.2 Å². The van der Waals surface area contributed by atoms with Crippen molar-refractivity contribution in [2.45, 2.75) is 18.9 Å². The summed E-state index contributed by atoms with van der Waals surface area (Å²) in [7, 11) is 1.09. The number of benzene rings is 1. The average Bonchev–Trinajstić information content (AvgIpc) is 2.49. The van der Waals surface area contributed by atoms with Crippen LogP contribution in [-0.2, 0) is 16.1 Å². The molecule has 2 rings (SSSR count). The van der Waals surface area contributed by atoms with Gasteiger partial charge in [0.1, 0.15) is 6.23 Å². The van der Waals surface area contributed by atoms with Crippen molar-refractivity contribution in [3.8, 4) is 0 Å². The Bertz CT molecular complexity index is 584. The molecule has 0 aliphatic carbocycles. The molecule has 0 aromatic heterocycles. The SMILES string of the molecule is CN(C(=O)C(F)(F)F)C1CN(Cc2ccc(Cl)c(Cl)c2)CCO1. The Kier molecular flexibility index (Phi) is 5.78. The topological polar surface area (TPSA) is 32.8 Å². The fourth-order valence-corrected chi connectivity index (χ4v) is 2.61. The van der Waals surface area contributed by atoms with Gasteiger partial charge in [-0.25, -0.2) is 0 Å². The van der Waals surface area contributed by atoms with E-state index in [0.29, 0.717) is 28.0 Å². The van der Waals surface area contributed by atoms with E-state index >= 15 is 0 Å². The van der Waals surface area contributed by atoms with Crippen LogP contribution in [-0.4, -0.2) is 54.9 Å². The number of alkyl halides is 3. The van der Waals surface area contributed by atoms with Crippen LogP contribution in [0.15, 0.2) is 18.2 Å². The lowest BCUT2D eigenvalue weighted by Gasteiger charge is -2.37. The van der Waals surface area contributed by atoms with Gasteiger partial charge in [0.15, 0.2) is 0 Å². The van der Waals surface area contributed by atoms with Gasteiger partial charge in [-0.1, -0.05) is 29.3 Å². The van der Waals surface area contributed by atoms with E-state index in [9.17, 15) is 18.0 Å². The summed E-state index contributed by atoms with van der Waals surface area (Å²) in [6.45, 7) is 1.44. The summed E-state index contributed by atoms with van der Waals surface area (Å²) < 4.78 is 42.8. The van der Waals surface area contributed by atoms with E-state index in [4.69, 9.17) is 27.9 Å². The van der Waals surface area contributed by atoms with Gasteiger partial charge in [-0.2, -0.15) is 13.2 Å². The van der Waals surface area contributed by atoms with Crippen molar-refractivity contribution in [1.29, 1.82) is 0 Å². The predicted molar refractivity (Wildman–Crippen MR) is 80.3 cm³/mol. The maximum absolute atomic E-state index is 12.5. The van der Waals surface area contributed by atoms with E-state index in [-0.39, 0.29) is 13.2 Å². The van der Waals surface area contributed by atoms with E-state index in [1.54, 1.807) is 18.2 Å². The van der Waals surface area contributed by atoms with Gasteiger partial charge in [-0.15, -0.1) is 0 Å². The highest BCUT2D eigenvalue weighted by Crippen LogP contribution is 2.24. The number of hydrogen-bond acceptors (Lipinski definition) is 3. The summed E-state index contributed by atoms with van der Waals surface area (Å²) in [5.41, 5.74) is 0.879. The Labute approximate surface area is 141 Å². The van der Waals surface area contributed by atoms with E-state index in [1.165, 1.54) is 0 Å². The second kappa shape index (κ2) is 7.25. The largest absolute Gasteiger partial charge is 0.471 e. The summed E-state index contributed by atoms with van der Waals surface area (Å²) in [5.74, 6) is -1.92. The molecule has 0 N–H and O–H groups in total. The molecule has 0 bridgehead atoms. The van der Waals surface area contributed by atoms with Crippen LogP contribution in [0, 0.1) is 0 Å². The molecule has 1 unspecified atom stereocenters. The fraction of sp³-hybridized carbons (Fsp3) is 0.500. The first kappa shape index (κ1) is 18.3. The van der Waals surface area contributed by atoms with E-state index in [1.807, 2.05) is 4.90 Å². The van der Waals surface area contributed by atoms with Crippen LogP contribution in [0.1, 0.15) is 5.56 Å². The Morgan fingerprint density at radius 1 is 1.39 bits per heavy atom. The van der Waals surface area contributed by atoms with Crippen molar-refractivity contribution in [3.05, 3.63) is 33.8 Å². The zero-order valence-corrected chi connectivity index (χ0v) is 13.8. The van der Waals surface area contributed by atoms with Gasteiger partial charge in [-0.3, -0.25) is 9.69 Å². The summed E-state index contributed by atoms with van der Waals surface area (Å²) >= 11 is 11.8. The number of carbonyl (C=O) groups excluding carboxylic acids is 1. The number of nitrogens with zero attached hydrogens (tertiary/aromatic N) is 2. The molecular weight excluding hydrogens is 356 g/mol. The summed E-state index contributed by atoms with van der Waals surface area (Å²) in [6, 6.07) is 5.17. The number of halogens is 5. The second-order valence-electron chi connectivity index (χ2n) is 5.22. The molecule has 1 amide bonds. The minimum Gasteiger partial charge on any atom is -0.356 e. The van der Waals surface area contributed by atoms with E-state index in [0.717, 1.165) is 12.6 Å². The first-order valence-electron chi connectivity index (χ1n) is 6.80. The molecule has 0 spiro atoms. The Hall–Kier alpha value is -1.02. The van der Waals surface area contributed by atoms with E-state index < -0.39 is 18.3 Å². The number of hydrogen-bond donors (Lipinski definition) is 0. The van der Waals surface area contributed by atoms with Crippen molar-refractivity contribution in [2.24, 2.45) is 0 Å². The van der Waals surface area contributed by atoms with Crippen LogP contribution in [0.25, 0.3) is 0 Å². The third-order valence-corrected chi connectivity index (χ3v) is 4.26. The van der Waals surface area contributed by atoms with Crippen LogP contribution in [0.2, 0.25) is 10.0 Å². The zero-order valence-electron chi connectivity index (χ0n) is 12.2. The molecule has 1 aliphatic heterocycles. The van der Waals surface area contributed by atoms with Crippen LogP contribution < -0.4 is 0 Å². The number of ether oxygens (including phenoxy) is 1. The summed E-state index contributed by atoms with van der Waals surface area (Å²) in [6.07, 6.45) is -5.86. The molecule has 1 heterocycles. The Morgan fingerprint density at radius 2 is 2.09 bits per heavy atom. The quantitative estimate of drug-likeness (QED) is 0.819. The van der Waals surface area contributed by atoms with Crippen LogP contribution in [0.3, 0.4) is 0 Å². The third kappa shape index (κ3) is 4.73. The van der Waals surface area contributed by atoms with Crippen LogP contribution in [0.5, 0.6) is 0 Å². The number of morpholine rings is 1. The molecule has 128 valence electrons. The summed E-state index contributed by atoms with van der Waals surface area (Å²) in [4.78, 5) is 13.8. The van der Waals surface area contributed by atoms with Crippen molar-refractivity contribution >= 4 is 29.1 Å². The van der Waals surface area contributed by atoms with Gasteiger partial charge in [-0.05, 0) is 17.7 Å². The van der Waals surface area contributed by atoms with Gasteiger partial charge >= 0.3 is 12.1 Å². The highest BCUT2D eigenvalue weighted by Gasteiger charge is 2.44. The monoisotopic (exact) mass is 370 g/mol. The lowest BCUT2D eigenvalue weighted by Crippen LogP contribution is -2.53. The second-order valence-corrected chi connectivity index (χ2v) is 6.04. The molecule has 0 radical (unpaired) electrons. The molecular formula is C14H15Cl2F3N2O2. The predicted octanol–water partition coefficient (Wildman–Crippen LogP) is 3.17. The standard InChI is InChI=1S/C14H15Cl2F3N2O2/c1-20(13(22)14(17,18)19)12-8-21(4-5-23-12)7-9-2-3-10(15)11(16)6-9/h2-3,6,12H,4-5,7-8H2,1H3. The maximum Gasteiger partial charge on any atom is 0.471 e. The molecule has 0 saturated carbocycles. The first-order chi connectivity index (χ1) is 10.7. The van der Waals surface area contributed by atoms with Gasteiger partial charge in [0.2, 0.25) is 0 Å². The van der Waals surface area contributed by atoms with Gasteiger partial charge in [0.25, 0.3) is 0 Å². The Morgan fingerprint density at radius 3 is 2.70 bits per heavy atom. The first-order valence-corrected chi connectivity index (χ1v) is 7.56. The van der Waals surface area contributed by atoms with Crippen molar-refractivity contribution in [2.75, 3.05) is 26.7 Å². The number of likely N-dealkylation sites (N-methyl/N-ethyl adjacent to an activating group) is 1. The minimum atomic E-state index is -4.91. The van der Waals surface area contributed by atoms with Crippen LogP contribution >= 0.6 is 23.2 Å². The van der Waals surface area contributed by atoms with Crippen molar-refractivity contribution in [3.63, 3.8) is 0 Å². The van der Waals surface area contributed by atoms with Gasteiger partial charge in [0.05, 0.1) is 16.7 Å². The molecule has 23 heavy (non-hydrogen) atoms. The zero-order chi connectivity index (χ0) is 17.2. The number of carbonyl (C=O) groups is 1. The number of rotatable bonds is 3. The lowest BCUT2D eigenvalue weighted by atomic mass is 10.2. The highest BCUT2D eigenvalue weighted by atomic mass is 35.5. The van der Waals surface area contributed by atoms with Crippen molar-refractivity contribution in [1.82, 2.24) is 9.80 Å². The summed E-state index contributed by atoms with van der Waals surface area (Å²) in [5, 5.41) is 0.851. The third-order valence-electron chi connectivity index (χ3n) is 3.52. The van der Waals surface area contributed by atoms with Crippen molar-refractivity contribution < 1.29 is 22.7 Å². The molecule has 1 atom stereocenters. The minimum absolute atomic E-state index is 0.179. The average molecular weight is 371 g/mol. The molecule has 1 aromatic rings. The van der Waals surface area contributed by atoms with Gasteiger partial charge in [0, 0.05) is 26.7 Å². The molecule has 9 heteroatoms. The lowest BCUT2D eigenvalue weighted by molar-refractivity contribution is -0.199. The molecule has 1 aliphatic rings. The normalized spacial score (nSPS) is 19.7. The molecule has 1 aromatic carbocycles. The molecule has 1 fully saturated rings. The highest BCUT2D eigenvalue weighted by molar-refractivity contribution is 6.42. The van der Waals surface area contributed by atoms with Gasteiger partial charge < -0.3 is 9.64 Å². The van der Waals surface area contributed by atoms with E-state index in [2.05, 4.69) is 0 Å². The Balaban J connectivity index is 2.00. The fourth-order valence-electron chi connectivity index (χ4n) is 2.29. The maximum atomic E-state index is 12.5. The molecule has 4 nitrogen and oxygen atoms in total. The number of amides is 1. The smallest absolute Gasteiger partial charge is 0.356 e. The molecule has 1 saturated heterocycles.